The van der Waals surface area contributed by atoms with Gasteiger partial charge in [-0.25, -0.2) is 0 Å². The van der Waals surface area contributed by atoms with E-state index in [1.807, 2.05) is 13.8 Å². The van der Waals surface area contributed by atoms with Crippen molar-refractivity contribution in [2.24, 2.45) is 44.8 Å². The zero-order valence-corrected chi connectivity index (χ0v) is 23.1. The van der Waals surface area contributed by atoms with E-state index in [1.165, 1.54) is 6.42 Å². The summed E-state index contributed by atoms with van der Waals surface area (Å²) < 4.78 is 6.65. The molecule has 0 aromatic rings. The number of aliphatic hydroxyl groups excluding tert-OH is 3. The molecule has 0 aromatic heterocycles. The average molecular weight is 491 g/mol. The molecule has 1 heterocycles. The number of fused-ring (bicyclic) bond motifs is 2. The van der Waals surface area contributed by atoms with Crippen LogP contribution in [0.4, 0.5) is 0 Å². The van der Waals surface area contributed by atoms with Gasteiger partial charge in [-0.2, -0.15) is 0 Å². The Kier molecular flexibility index (Phi) is 4.92. The van der Waals surface area contributed by atoms with Crippen molar-refractivity contribution < 1.29 is 25.2 Å². The summed E-state index contributed by atoms with van der Waals surface area (Å²) in [6.07, 6.45) is 7.11. The van der Waals surface area contributed by atoms with Crippen LogP contribution in [0.25, 0.3) is 0 Å². The van der Waals surface area contributed by atoms with Gasteiger partial charge in [0.15, 0.2) is 0 Å². The van der Waals surface area contributed by atoms with Crippen LogP contribution in [0.2, 0.25) is 0 Å². The van der Waals surface area contributed by atoms with Crippen LogP contribution in [0.1, 0.15) is 106 Å². The second kappa shape index (κ2) is 6.86. The first-order chi connectivity index (χ1) is 16.0. The van der Waals surface area contributed by atoms with Crippen LogP contribution in [-0.2, 0) is 4.74 Å². The van der Waals surface area contributed by atoms with Gasteiger partial charge in [-0.3, -0.25) is 0 Å². The van der Waals surface area contributed by atoms with E-state index in [-0.39, 0.29) is 51.1 Å². The largest absolute Gasteiger partial charge is 0.393 e. The van der Waals surface area contributed by atoms with E-state index in [1.54, 1.807) is 0 Å². The maximum Gasteiger partial charge on any atom is 0.0865 e. The van der Waals surface area contributed by atoms with Crippen molar-refractivity contribution >= 4 is 0 Å². The monoisotopic (exact) mass is 490 g/mol. The third kappa shape index (κ3) is 2.78. The van der Waals surface area contributed by atoms with E-state index in [4.69, 9.17) is 4.74 Å². The van der Waals surface area contributed by atoms with Crippen molar-refractivity contribution in [3.8, 4) is 0 Å². The summed E-state index contributed by atoms with van der Waals surface area (Å²) in [7, 11) is 0. The molecule has 6 fully saturated rings. The lowest BCUT2D eigenvalue weighted by Gasteiger charge is -2.64. The van der Waals surface area contributed by atoms with Gasteiger partial charge in [-0.1, -0.05) is 27.7 Å². The first-order valence-electron chi connectivity index (χ1n) is 14.4. The Morgan fingerprint density at radius 2 is 1.46 bits per heavy atom. The summed E-state index contributed by atoms with van der Waals surface area (Å²) in [6.45, 7) is 15.0. The molecule has 2 spiro atoms. The summed E-state index contributed by atoms with van der Waals surface area (Å²) in [6, 6.07) is 0. The number of hydrogen-bond donors (Lipinski definition) is 4. The molecule has 5 saturated carbocycles. The fourth-order valence-electron chi connectivity index (χ4n) is 12.1. The smallest absolute Gasteiger partial charge is 0.0865 e. The van der Waals surface area contributed by atoms with Crippen molar-refractivity contribution in [1.29, 1.82) is 0 Å². The molecule has 5 aliphatic carbocycles. The van der Waals surface area contributed by atoms with Gasteiger partial charge in [0.25, 0.3) is 0 Å². The summed E-state index contributed by atoms with van der Waals surface area (Å²) >= 11 is 0. The molecule has 5 heteroatoms. The predicted octanol–water partition coefficient (Wildman–Crippen LogP) is 4.44. The fourth-order valence-corrected chi connectivity index (χ4v) is 12.1. The molecule has 5 nitrogen and oxygen atoms in total. The third-order valence-electron chi connectivity index (χ3n) is 13.8. The maximum atomic E-state index is 11.9. The summed E-state index contributed by atoms with van der Waals surface area (Å²) in [5.74, 6) is 0.544. The van der Waals surface area contributed by atoms with Gasteiger partial charge >= 0.3 is 0 Å². The molecular weight excluding hydrogens is 440 g/mol. The summed E-state index contributed by atoms with van der Waals surface area (Å²) in [5, 5.41) is 45.2. The van der Waals surface area contributed by atoms with Crippen LogP contribution in [-0.4, -0.2) is 56.0 Å². The highest BCUT2D eigenvalue weighted by atomic mass is 16.5. The Bertz CT molecular complexity index is 911. The van der Waals surface area contributed by atoms with Gasteiger partial charge in [-0.05, 0) is 117 Å². The first-order valence-corrected chi connectivity index (χ1v) is 14.4. The molecule has 12 atom stereocenters. The van der Waals surface area contributed by atoms with Crippen LogP contribution in [0.5, 0.6) is 0 Å². The lowest BCUT2D eigenvalue weighted by atomic mass is 9.41. The minimum absolute atomic E-state index is 0.00561. The minimum atomic E-state index is -0.893. The lowest BCUT2D eigenvalue weighted by molar-refractivity contribution is -0.217. The molecule has 6 rings (SSSR count). The highest BCUT2D eigenvalue weighted by Crippen LogP contribution is 2.89. The Labute approximate surface area is 212 Å². The van der Waals surface area contributed by atoms with E-state index >= 15 is 0 Å². The van der Waals surface area contributed by atoms with E-state index in [0.717, 1.165) is 51.4 Å². The predicted molar refractivity (Wildman–Crippen MR) is 134 cm³/mol. The second-order valence-corrected chi connectivity index (χ2v) is 15.9. The molecule has 6 aliphatic rings. The topological polar surface area (TPSA) is 90.2 Å². The molecule has 4 N–H and O–H groups in total. The van der Waals surface area contributed by atoms with Crippen LogP contribution in [0.15, 0.2) is 0 Å². The Hall–Kier alpha value is -0.200. The van der Waals surface area contributed by atoms with Crippen LogP contribution in [0, 0.1) is 44.8 Å². The molecule has 200 valence electrons. The Balaban J connectivity index is 1.37. The Morgan fingerprint density at radius 1 is 0.771 bits per heavy atom. The second-order valence-electron chi connectivity index (χ2n) is 15.9. The quantitative estimate of drug-likeness (QED) is 0.460. The summed E-state index contributed by atoms with van der Waals surface area (Å²) in [5.41, 5.74) is -1.44. The van der Waals surface area contributed by atoms with Gasteiger partial charge in [0.2, 0.25) is 0 Å². The van der Waals surface area contributed by atoms with Crippen molar-refractivity contribution in [2.45, 2.75) is 142 Å². The van der Waals surface area contributed by atoms with E-state index in [0.29, 0.717) is 5.92 Å². The van der Waals surface area contributed by atoms with Gasteiger partial charge in [0.1, 0.15) is 0 Å². The molecule has 0 aromatic carbocycles. The number of aliphatic hydroxyl groups is 4. The molecule has 0 amide bonds. The molecule has 0 radical (unpaired) electrons. The minimum Gasteiger partial charge on any atom is -0.393 e. The van der Waals surface area contributed by atoms with Gasteiger partial charge in [-0.15, -0.1) is 0 Å². The van der Waals surface area contributed by atoms with E-state index in [9.17, 15) is 20.4 Å². The number of ether oxygens (including phenoxy) is 1. The van der Waals surface area contributed by atoms with Crippen LogP contribution >= 0.6 is 0 Å². The van der Waals surface area contributed by atoms with Crippen molar-refractivity contribution in [3.63, 3.8) is 0 Å². The lowest BCUT2D eigenvalue weighted by Crippen LogP contribution is -2.62. The third-order valence-corrected chi connectivity index (χ3v) is 13.8. The normalized spacial score (nSPS) is 60.9. The van der Waals surface area contributed by atoms with E-state index in [2.05, 4.69) is 34.6 Å². The van der Waals surface area contributed by atoms with Crippen molar-refractivity contribution in [3.05, 3.63) is 0 Å². The molecule has 0 bridgehead atoms. The summed E-state index contributed by atoms with van der Waals surface area (Å²) in [4.78, 5) is 0. The Morgan fingerprint density at radius 3 is 2.09 bits per heavy atom. The number of hydrogen-bond acceptors (Lipinski definition) is 5. The molecule has 1 aliphatic heterocycles. The molecule has 0 unspecified atom stereocenters. The highest BCUT2D eigenvalue weighted by Gasteiger charge is 2.85. The van der Waals surface area contributed by atoms with Crippen LogP contribution in [0.3, 0.4) is 0 Å². The van der Waals surface area contributed by atoms with Gasteiger partial charge in [0.05, 0.1) is 35.6 Å². The van der Waals surface area contributed by atoms with Crippen molar-refractivity contribution in [1.82, 2.24) is 0 Å². The zero-order chi connectivity index (χ0) is 25.6. The molecule has 1 saturated heterocycles. The van der Waals surface area contributed by atoms with E-state index < -0.39 is 23.4 Å². The van der Waals surface area contributed by atoms with Gasteiger partial charge < -0.3 is 25.2 Å². The standard InChI is InChI=1S/C30H50O5/c1-24(2)19-14-17(31)23-27(6)15-18(32)22(28(7)10-9-21(35-28)25(3,4)34)26(27,5)12-13-30(23)16-29(19,30)11-8-20(24)33/h17-23,31-34H,8-16H2,1-7H3/t17-,18-,19-,20-,21-,22-,23+,26-,27+,28+,29-,30+/m1/s1. The number of rotatable bonds is 2. The zero-order valence-electron chi connectivity index (χ0n) is 23.1. The van der Waals surface area contributed by atoms with Crippen molar-refractivity contribution in [2.75, 3.05) is 0 Å². The van der Waals surface area contributed by atoms with Crippen LogP contribution < -0.4 is 0 Å². The fraction of sp³-hybridized carbons (Fsp3) is 1.00. The first kappa shape index (κ1) is 25.1. The highest BCUT2D eigenvalue weighted by molar-refractivity contribution is 5.33. The molecular formula is C30H50O5. The average Bonchev–Trinajstić information content (AvgIpc) is 3.08. The molecule has 35 heavy (non-hydrogen) atoms. The maximum absolute atomic E-state index is 11.9. The SMILES string of the molecule is CC(C)(O)[C@H]1CC[C@@](C)([C@@H]2[C@H](O)C[C@@]3(C)[C@@H]4[C@H](O)C[C@@H]5C(C)(C)[C@H](O)CC[C@@]56C[C@@]46CC[C@]23C)O1. The van der Waals surface area contributed by atoms with Gasteiger partial charge in [0, 0.05) is 5.92 Å².